The van der Waals surface area contributed by atoms with E-state index in [1.165, 1.54) is 25.7 Å². The van der Waals surface area contributed by atoms with Gasteiger partial charge in [0.1, 0.15) is 5.54 Å². The zero-order valence-electron chi connectivity index (χ0n) is 13.6. The summed E-state index contributed by atoms with van der Waals surface area (Å²) in [6.45, 7) is 11.1. The monoisotopic (exact) mass is 284 g/mol. The summed E-state index contributed by atoms with van der Waals surface area (Å²) in [5.74, 6) is 0.134. The molecule has 1 saturated heterocycles. The molecule has 4 heteroatoms. The topological polar surface area (TPSA) is 52.6 Å². The molecule has 0 bridgehead atoms. The highest BCUT2D eigenvalue weighted by molar-refractivity contribution is 5.78. The smallest absolute Gasteiger partial charge is 0.323 e. The molecule has 0 amide bonds. The lowest BCUT2D eigenvalue weighted by Crippen LogP contribution is -2.54. The van der Waals surface area contributed by atoms with Crippen molar-refractivity contribution >= 4 is 5.97 Å². The van der Waals surface area contributed by atoms with Crippen LogP contribution in [0.2, 0.25) is 0 Å². The third-order valence-corrected chi connectivity index (χ3v) is 4.71. The number of carbonyl (C=O) groups is 1. The molecule has 1 rings (SSSR count). The number of carboxylic acids is 1. The fourth-order valence-electron chi connectivity index (χ4n) is 3.44. The molecule has 0 aliphatic carbocycles. The van der Waals surface area contributed by atoms with Crippen LogP contribution in [0.25, 0.3) is 0 Å². The molecule has 0 aromatic rings. The normalized spacial score (nSPS) is 22.4. The molecule has 0 saturated carbocycles. The van der Waals surface area contributed by atoms with Gasteiger partial charge in [-0.15, -0.1) is 0 Å². The molecule has 1 aliphatic rings. The Morgan fingerprint density at radius 3 is 2.45 bits per heavy atom. The van der Waals surface area contributed by atoms with Crippen LogP contribution < -0.4 is 5.32 Å². The Kier molecular flexibility index (Phi) is 6.96. The van der Waals surface area contributed by atoms with Crippen LogP contribution in [0, 0.1) is 5.92 Å². The second kappa shape index (κ2) is 7.99. The van der Waals surface area contributed by atoms with Crippen LogP contribution in [0.5, 0.6) is 0 Å². The maximum absolute atomic E-state index is 11.5. The fraction of sp³-hybridized carbons (Fsp3) is 0.938. The Labute approximate surface area is 123 Å². The van der Waals surface area contributed by atoms with Crippen LogP contribution in [0.4, 0.5) is 0 Å². The van der Waals surface area contributed by atoms with E-state index in [1.54, 1.807) is 6.92 Å². The van der Waals surface area contributed by atoms with Crippen LogP contribution in [0.15, 0.2) is 0 Å². The number of hydrogen-bond donors (Lipinski definition) is 2. The Balaban J connectivity index is 2.50. The maximum Gasteiger partial charge on any atom is 0.323 e. The van der Waals surface area contributed by atoms with Crippen molar-refractivity contribution in [3.8, 4) is 0 Å². The molecule has 2 N–H and O–H groups in total. The summed E-state index contributed by atoms with van der Waals surface area (Å²) >= 11 is 0. The first-order valence-corrected chi connectivity index (χ1v) is 8.15. The Bertz CT molecular complexity index is 301. The van der Waals surface area contributed by atoms with Gasteiger partial charge in [-0.3, -0.25) is 4.79 Å². The first-order chi connectivity index (χ1) is 9.42. The number of nitrogens with zero attached hydrogens (tertiary/aromatic N) is 1. The molecule has 0 spiro atoms. The van der Waals surface area contributed by atoms with Crippen LogP contribution in [0.3, 0.4) is 0 Å². The third kappa shape index (κ3) is 4.74. The molecular weight excluding hydrogens is 252 g/mol. The van der Waals surface area contributed by atoms with Gasteiger partial charge >= 0.3 is 5.97 Å². The third-order valence-electron chi connectivity index (χ3n) is 4.71. The van der Waals surface area contributed by atoms with Crippen molar-refractivity contribution in [2.45, 2.75) is 71.4 Å². The zero-order chi connectivity index (χ0) is 15.2. The standard InChI is InChI=1S/C16H32N2O2/c1-5-7-14-8-10-18(11-9-14)13(3)12-16(4,15(19)20)17-6-2/h13-14,17H,5-12H2,1-4H3,(H,19,20). The average molecular weight is 284 g/mol. The van der Waals surface area contributed by atoms with E-state index in [9.17, 15) is 9.90 Å². The molecule has 4 nitrogen and oxygen atoms in total. The molecule has 2 atom stereocenters. The molecule has 1 fully saturated rings. The molecule has 0 radical (unpaired) electrons. The van der Waals surface area contributed by atoms with Crippen LogP contribution in [-0.2, 0) is 4.79 Å². The maximum atomic E-state index is 11.5. The van der Waals surface area contributed by atoms with Gasteiger partial charge in [0.05, 0.1) is 0 Å². The highest BCUT2D eigenvalue weighted by Gasteiger charge is 2.35. The second-order valence-corrected chi connectivity index (χ2v) is 6.49. The number of nitrogens with one attached hydrogen (secondary N) is 1. The summed E-state index contributed by atoms with van der Waals surface area (Å²) in [4.78, 5) is 13.9. The van der Waals surface area contributed by atoms with Crippen molar-refractivity contribution in [1.29, 1.82) is 0 Å². The molecule has 20 heavy (non-hydrogen) atoms. The lowest BCUT2D eigenvalue weighted by molar-refractivity contribution is -0.145. The van der Waals surface area contributed by atoms with E-state index in [0.717, 1.165) is 19.0 Å². The van der Waals surface area contributed by atoms with Crippen molar-refractivity contribution < 1.29 is 9.90 Å². The minimum absolute atomic E-state index is 0.317. The summed E-state index contributed by atoms with van der Waals surface area (Å²) in [7, 11) is 0. The van der Waals surface area contributed by atoms with Crippen molar-refractivity contribution in [2.75, 3.05) is 19.6 Å². The van der Waals surface area contributed by atoms with Gasteiger partial charge in [0.15, 0.2) is 0 Å². The van der Waals surface area contributed by atoms with Gasteiger partial charge in [-0.2, -0.15) is 0 Å². The Morgan fingerprint density at radius 1 is 1.40 bits per heavy atom. The first-order valence-electron chi connectivity index (χ1n) is 8.15. The van der Waals surface area contributed by atoms with Gasteiger partial charge in [0.25, 0.3) is 0 Å². The molecule has 0 aromatic carbocycles. The van der Waals surface area contributed by atoms with E-state index in [4.69, 9.17) is 0 Å². The highest BCUT2D eigenvalue weighted by atomic mass is 16.4. The molecule has 1 aliphatic heterocycles. The van der Waals surface area contributed by atoms with Crippen LogP contribution in [0.1, 0.15) is 59.8 Å². The quantitative estimate of drug-likeness (QED) is 0.719. The minimum Gasteiger partial charge on any atom is -0.480 e. The average Bonchev–Trinajstić information content (AvgIpc) is 2.40. The number of carboxylic acid groups (broad SMARTS) is 1. The van der Waals surface area contributed by atoms with E-state index >= 15 is 0 Å². The van der Waals surface area contributed by atoms with Gasteiger partial charge in [0, 0.05) is 6.04 Å². The van der Waals surface area contributed by atoms with Crippen molar-refractivity contribution in [1.82, 2.24) is 10.2 Å². The fourth-order valence-corrected chi connectivity index (χ4v) is 3.44. The van der Waals surface area contributed by atoms with Gasteiger partial charge in [-0.1, -0.05) is 26.7 Å². The Morgan fingerprint density at radius 2 is 2.00 bits per heavy atom. The van der Waals surface area contributed by atoms with E-state index in [1.807, 2.05) is 6.92 Å². The van der Waals surface area contributed by atoms with Gasteiger partial charge in [-0.25, -0.2) is 0 Å². The van der Waals surface area contributed by atoms with E-state index in [-0.39, 0.29) is 0 Å². The lowest BCUT2D eigenvalue weighted by atomic mass is 9.89. The number of likely N-dealkylation sites (tertiary alicyclic amines) is 1. The number of rotatable bonds is 8. The zero-order valence-corrected chi connectivity index (χ0v) is 13.6. The molecule has 1 heterocycles. The second-order valence-electron chi connectivity index (χ2n) is 6.49. The SMILES string of the molecule is CCCC1CCN(C(C)CC(C)(NCC)C(=O)O)CC1. The first kappa shape index (κ1) is 17.4. The summed E-state index contributed by atoms with van der Waals surface area (Å²) < 4.78 is 0. The van der Waals surface area contributed by atoms with Crippen molar-refractivity contribution in [3.63, 3.8) is 0 Å². The summed E-state index contributed by atoms with van der Waals surface area (Å²) in [5, 5.41) is 12.6. The van der Waals surface area contributed by atoms with E-state index < -0.39 is 11.5 Å². The van der Waals surface area contributed by atoms with Crippen molar-refractivity contribution in [2.24, 2.45) is 5.92 Å². The molecular formula is C16H32N2O2. The number of hydrogen-bond acceptors (Lipinski definition) is 3. The number of likely N-dealkylation sites (N-methyl/N-ethyl adjacent to an activating group) is 1. The molecule has 118 valence electrons. The Hall–Kier alpha value is -0.610. The van der Waals surface area contributed by atoms with Crippen LogP contribution >= 0.6 is 0 Å². The summed E-state index contributed by atoms with van der Waals surface area (Å²) in [6.07, 6.45) is 5.81. The predicted octanol–water partition coefficient (Wildman–Crippen LogP) is 2.73. The number of piperidine rings is 1. The predicted molar refractivity (Wildman–Crippen MR) is 83.0 cm³/mol. The molecule has 0 aromatic heterocycles. The van der Waals surface area contributed by atoms with Gasteiger partial charge in [0.2, 0.25) is 0 Å². The number of aliphatic carboxylic acids is 1. The molecule has 2 unspecified atom stereocenters. The van der Waals surface area contributed by atoms with Gasteiger partial charge < -0.3 is 15.3 Å². The largest absolute Gasteiger partial charge is 0.480 e. The van der Waals surface area contributed by atoms with Crippen LogP contribution in [-0.4, -0.2) is 47.2 Å². The highest BCUT2D eigenvalue weighted by Crippen LogP contribution is 2.25. The minimum atomic E-state index is -0.811. The van der Waals surface area contributed by atoms with Gasteiger partial charge in [-0.05, 0) is 58.7 Å². The summed E-state index contributed by atoms with van der Waals surface area (Å²) in [6, 6.07) is 0.317. The van der Waals surface area contributed by atoms with E-state index in [2.05, 4.69) is 24.1 Å². The lowest BCUT2D eigenvalue weighted by Gasteiger charge is -2.39. The van der Waals surface area contributed by atoms with E-state index in [0.29, 0.717) is 19.0 Å². The van der Waals surface area contributed by atoms with Crippen molar-refractivity contribution in [3.05, 3.63) is 0 Å². The summed E-state index contributed by atoms with van der Waals surface area (Å²) in [5.41, 5.74) is -0.811.